The average molecular weight is 226 g/mol. The maximum absolute atomic E-state index is 11.6. The van der Waals surface area contributed by atoms with E-state index in [1.165, 1.54) is 0 Å². The van der Waals surface area contributed by atoms with Crippen molar-refractivity contribution in [3.05, 3.63) is 24.8 Å². The van der Waals surface area contributed by atoms with Gasteiger partial charge in [0.2, 0.25) is 0 Å². The highest BCUT2D eigenvalue weighted by Crippen LogP contribution is 2.20. The predicted octanol–water partition coefficient (Wildman–Crippen LogP) is 1.47. The van der Waals surface area contributed by atoms with Crippen LogP contribution in [0.4, 0.5) is 0 Å². The fraction of sp³-hybridized carbons (Fsp3) is 0.583. The summed E-state index contributed by atoms with van der Waals surface area (Å²) in [5, 5.41) is 0. The smallest absolute Gasteiger partial charge is 0.336 e. The van der Waals surface area contributed by atoms with Crippen LogP contribution < -0.4 is 0 Å². The molecule has 1 heterocycles. The number of esters is 1. The van der Waals surface area contributed by atoms with E-state index in [1.807, 2.05) is 6.92 Å². The van der Waals surface area contributed by atoms with Crippen LogP contribution in [0.1, 0.15) is 13.3 Å². The molecular formula is C12H18O4. The van der Waals surface area contributed by atoms with Crippen molar-refractivity contribution in [2.24, 2.45) is 0 Å². The van der Waals surface area contributed by atoms with Gasteiger partial charge in [0.15, 0.2) is 0 Å². The van der Waals surface area contributed by atoms with Crippen LogP contribution >= 0.6 is 0 Å². The van der Waals surface area contributed by atoms with E-state index in [9.17, 15) is 4.79 Å². The van der Waals surface area contributed by atoms with E-state index in [0.29, 0.717) is 18.8 Å². The molecular weight excluding hydrogens is 208 g/mol. The second-order valence-electron chi connectivity index (χ2n) is 3.63. The van der Waals surface area contributed by atoms with Crippen LogP contribution in [0.15, 0.2) is 24.8 Å². The van der Waals surface area contributed by atoms with E-state index in [2.05, 4.69) is 13.2 Å². The first-order chi connectivity index (χ1) is 7.69. The van der Waals surface area contributed by atoms with Crippen LogP contribution in [-0.2, 0) is 19.0 Å². The molecule has 0 radical (unpaired) electrons. The van der Waals surface area contributed by atoms with Crippen molar-refractivity contribution in [2.45, 2.75) is 25.6 Å². The van der Waals surface area contributed by atoms with E-state index in [1.54, 1.807) is 6.08 Å². The van der Waals surface area contributed by atoms with Gasteiger partial charge in [-0.15, -0.1) is 6.58 Å². The molecule has 0 N–H and O–H groups in total. The minimum Gasteiger partial charge on any atom is -0.456 e. The Bertz CT molecular complexity index is 268. The number of carbonyl (C=O) groups excluding carboxylic acids is 1. The third-order valence-electron chi connectivity index (χ3n) is 2.24. The lowest BCUT2D eigenvalue weighted by molar-refractivity contribution is -0.146. The summed E-state index contributed by atoms with van der Waals surface area (Å²) >= 11 is 0. The number of ether oxygens (including phenoxy) is 3. The Morgan fingerprint density at radius 2 is 2.38 bits per heavy atom. The van der Waals surface area contributed by atoms with Gasteiger partial charge in [0.1, 0.15) is 12.2 Å². The molecule has 1 fully saturated rings. The molecule has 1 aliphatic heterocycles. The van der Waals surface area contributed by atoms with E-state index < -0.39 is 5.97 Å². The van der Waals surface area contributed by atoms with Crippen molar-refractivity contribution in [2.75, 3.05) is 19.8 Å². The monoisotopic (exact) mass is 226 g/mol. The predicted molar refractivity (Wildman–Crippen MR) is 60.1 cm³/mol. The third-order valence-corrected chi connectivity index (χ3v) is 2.24. The average Bonchev–Trinajstić information content (AvgIpc) is 3.09. The molecule has 2 unspecified atom stereocenters. The molecule has 0 saturated carbocycles. The topological polar surface area (TPSA) is 48.1 Å². The number of epoxide rings is 1. The van der Waals surface area contributed by atoms with Crippen LogP contribution in [0.3, 0.4) is 0 Å². The Morgan fingerprint density at radius 3 is 2.88 bits per heavy atom. The van der Waals surface area contributed by atoms with Crippen molar-refractivity contribution in [3.63, 3.8) is 0 Å². The normalized spacial score (nSPS) is 19.9. The fourth-order valence-corrected chi connectivity index (χ4v) is 1.24. The number of rotatable bonds is 8. The molecule has 0 aromatic carbocycles. The minimum atomic E-state index is -0.411. The van der Waals surface area contributed by atoms with Crippen molar-refractivity contribution in [1.82, 2.24) is 0 Å². The van der Waals surface area contributed by atoms with Gasteiger partial charge in [-0.3, -0.25) is 0 Å². The Kier molecular flexibility index (Phi) is 5.22. The Morgan fingerprint density at radius 1 is 1.69 bits per heavy atom. The zero-order valence-corrected chi connectivity index (χ0v) is 9.61. The van der Waals surface area contributed by atoms with E-state index in [0.717, 1.165) is 6.42 Å². The van der Waals surface area contributed by atoms with Gasteiger partial charge < -0.3 is 14.2 Å². The van der Waals surface area contributed by atoms with Crippen LogP contribution in [0.2, 0.25) is 0 Å². The highest BCUT2D eigenvalue weighted by molar-refractivity contribution is 5.88. The standard InChI is InChI=1S/C12H18O4/c1-4-6-14-7-9(3)12(13)16-10(5-2)11-8-15-11/h4,10-11H,1,3,5-8H2,2H3. The van der Waals surface area contributed by atoms with Crippen LogP contribution in [0.5, 0.6) is 0 Å². The van der Waals surface area contributed by atoms with Crippen molar-refractivity contribution < 1.29 is 19.0 Å². The molecule has 1 saturated heterocycles. The summed E-state index contributed by atoms with van der Waals surface area (Å²) in [6, 6.07) is 0. The van der Waals surface area contributed by atoms with Crippen molar-refractivity contribution >= 4 is 5.97 Å². The lowest BCUT2D eigenvalue weighted by atomic mass is 10.2. The van der Waals surface area contributed by atoms with Gasteiger partial charge in [0.05, 0.1) is 25.4 Å². The molecule has 1 aliphatic rings. The molecule has 16 heavy (non-hydrogen) atoms. The Balaban J connectivity index is 2.26. The molecule has 1 rings (SSSR count). The SMILES string of the molecule is C=CCOCC(=C)C(=O)OC(CC)C1CO1. The van der Waals surface area contributed by atoms with E-state index >= 15 is 0 Å². The Labute approximate surface area is 95.9 Å². The van der Waals surface area contributed by atoms with Crippen molar-refractivity contribution in [1.29, 1.82) is 0 Å². The molecule has 2 atom stereocenters. The summed E-state index contributed by atoms with van der Waals surface area (Å²) in [5.41, 5.74) is 0.320. The maximum atomic E-state index is 11.6. The van der Waals surface area contributed by atoms with Gasteiger partial charge in [-0.2, -0.15) is 0 Å². The first-order valence-electron chi connectivity index (χ1n) is 5.38. The molecule has 0 spiro atoms. The number of carbonyl (C=O) groups is 1. The highest BCUT2D eigenvalue weighted by atomic mass is 16.6. The quantitative estimate of drug-likeness (QED) is 0.207. The van der Waals surface area contributed by atoms with Gasteiger partial charge in [-0.25, -0.2) is 4.79 Å². The molecule has 0 bridgehead atoms. The molecule has 0 aromatic heterocycles. The minimum absolute atomic E-state index is 0.0656. The summed E-state index contributed by atoms with van der Waals surface area (Å²) in [7, 11) is 0. The highest BCUT2D eigenvalue weighted by Gasteiger charge is 2.34. The van der Waals surface area contributed by atoms with Crippen LogP contribution in [0.25, 0.3) is 0 Å². The van der Waals surface area contributed by atoms with Gasteiger partial charge in [0.25, 0.3) is 0 Å². The lowest BCUT2D eigenvalue weighted by Gasteiger charge is -2.14. The zero-order valence-electron chi connectivity index (χ0n) is 9.61. The molecule has 4 heteroatoms. The first-order valence-corrected chi connectivity index (χ1v) is 5.38. The van der Waals surface area contributed by atoms with E-state index in [-0.39, 0.29) is 18.8 Å². The molecule has 0 aromatic rings. The van der Waals surface area contributed by atoms with Gasteiger partial charge in [-0.05, 0) is 6.42 Å². The Hall–Kier alpha value is -1.13. The lowest BCUT2D eigenvalue weighted by Crippen LogP contribution is -2.24. The summed E-state index contributed by atoms with van der Waals surface area (Å²) in [4.78, 5) is 11.6. The molecule has 0 amide bonds. The maximum Gasteiger partial charge on any atom is 0.336 e. The number of hydrogen-bond donors (Lipinski definition) is 0. The van der Waals surface area contributed by atoms with Gasteiger partial charge in [-0.1, -0.05) is 19.6 Å². The number of hydrogen-bond acceptors (Lipinski definition) is 4. The second-order valence-corrected chi connectivity index (χ2v) is 3.63. The summed E-state index contributed by atoms with van der Waals surface area (Å²) in [6.45, 7) is 10.3. The van der Waals surface area contributed by atoms with E-state index in [4.69, 9.17) is 14.2 Å². The van der Waals surface area contributed by atoms with Crippen molar-refractivity contribution in [3.8, 4) is 0 Å². The molecule has 4 nitrogen and oxygen atoms in total. The first kappa shape index (κ1) is 12.9. The largest absolute Gasteiger partial charge is 0.456 e. The van der Waals surface area contributed by atoms with Gasteiger partial charge in [0, 0.05) is 0 Å². The molecule has 0 aliphatic carbocycles. The summed E-state index contributed by atoms with van der Waals surface area (Å²) in [5.74, 6) is -0.411. The molecule has 90 valence electrons. The third kappa shape index (κ3) is 4.16. The van der Waals surface area contributed by atoms with Crippen LogP contribution in [0, 0.1) is 0 Å². The summed E-state index contributed by atoms with van der Waals surface area (Å²) in [6.07, 6.45) is 2.27. The fourth-order valence-electron chi connectivity index (χ4n) is 1.24. The second kappa shape index (κ2) is 6.45. The summed E-state index contributed by atoms with van der Waals surface area (Å²) < 4.78 is 15.4. The van der Waals surface area contributed by atoms with Gasteiger partial charge >= 0.3 is 5.97 Å². The van der Waals surface area contributed by atoms with Crippen LogP contribution in [-0.4, -0.2) is 38.0 Å². The zero-order chi connectivity index (χ0) is 12.0.